The molecule has 1 atom stereocenters. The van der Waals surface area contributed by atoms with Gasteiger partial charge >= 0.3 is 6.09 Å². The molecule has 0 radical (unpaired) electrons. The topological polar surface area (TPSA) is 183 Å². The molecule has 2 heterocycles. The van der Waals surface area contributed by atoms with Crippen LogP contribution in [-0.4, -0.2) is 90.2 Å². The number of aromatic nitrogens is 4. The van der Waals surface area contributed by atoms with Crippen molar-refractivity contribution in [2.24, 2.45) is 5.41 Å². The maximum atomic E-state index is 15.7. The summed E-state index contributed by atoms with van der Waals surface area (Å²) < 4.78 is 81.3. The summed E-state index contributed by atoms with van der Waals surface area (Å²) in [6, 6.07) is 23.6. The lowest BCUT2D eigenvalue weighted by molar-refractivity contribution is -0.0123. The van der Waals surface area contributed by atoms with Gasteiger partial charge in [0, 0.05) is 35.0 Å². The smallest absolute Gasteiger partial charge is 0.408 e. The molecule has 0 saturated carbocycles. The molecule has 6 rings (SSSR count). The Morgan fingerprint density at radius 2 is 1.30 bits per heavy atom. The molecule has 0 bridgehead atoms. The van der Waals surface area contributed by atoms with E-state index in [1.54, 1.807) is 88.5 Å². The second kappa shape index (κ2) is 16.2. The Hall–Kier alpha value is -4.79. The molecule has 15 nitrogen and oxygen atoms in total. The van der Waals surface area contributed by atoms with E-state index in [0.29, 0.717) is 31.9 Å². The van der Waals surface area contributed by atoms with Crippen LogP contribution in [0.4, 0.5) is 4.79 Å². The Kier molecular flexibility index (Phi) is 11.9. The number of tetrazole rings is 1. The van der Waals surface area contributed by atoms with Crippen LogP contribution in [0, 0.1) is 8.99 Å². The van der Waals surface area contributed by atoms with Gasteiger partial charge in [0.25, 0.3) is 0 Å². The molecule has 1 unspecified atom stereocenters. The van der Waals surface area contributed by atoms with Gasteiger partial charge in [0.2, 0.25) is 19.9 Å². The van der Waals surface area contributed by atoms with Gasteiger partial charge < -0.3 is 19.3 Å². The molecule has 0 spiro atoms. The van der Waals surface area contributed by atoms with Crippen LogP contribution in [-0.2, 0) is 39.5 Å². The average Bonchev–Trinajstić information content (AvgIpc) is 3.61. The molecule has 1 aliphatic heterocycles. The lowest BCUT2D eigenvalue weighted by atomic mass is 9.78. The molecule has 1 aliphatic rings. The zero-order valence-electron chi connectivity index (χ0n) is 32.2. The van der Waals surface area contributed by atoms with Crippen LogP contribution in [0.25, 0.3) is 11.4 Å². The number of hydrogen-bond acceptors (Lipinski definition) is 11. The quantitative estimate of drug-likeness (QED) is 0.123. The van der Waals surface area contributed by atoms with Gasteiger partial charge in [-0.2, -0.15) is 4.31 Å². The first kappa shape index (κ1) is 41.8. The second-order valence-corrected chi connectivity index (χ2v) is 19.6. The van der Waals surface area contributed by atoms with Gasteiger partial charge in [-0.05, 0) is 98.2 Å². The van der Waals surface area contributed by atoms with E-state index in [1.807, 2.05) is 34.7 Å². The molecule has 1 amide bonds. The van der Waals surface area contributed by atoms with Crippen LogP contribution in [0.1, 0.15) is 43.9 Å². The Bertz CT molecular complexity index is 2420. The summed E-state index contributed by atoms with van der Waals surface area (Å²) in [5.41, 5.74) is 0.711. The van der Waals surface area contributed by atoms with Crippen molar-refractivity contribution in [2.75, 3.05) is 27.9 Å². The number of ether oxygens (including phenoxy) is 3. The van der Waals surface area contributed by atoms with E-state index in [4.69, 9.17) is 14.2 Å². The Morgan fingerprint density at radius 3 is 1.72 bits per heavy atom. The van der Waals surface area contributed by atoms with E-state index in [1.165, 1.54) is 35.3 Å². The molecule has 302 valence electrons. The standard InChI is InChI=1S/C39H43IN6O9S2/c1-38(2,3)39(21-22-45(39)37(47)48)56(49,50)33-20-19-32(40)34(36-41-42-43-46(36)25-28-11-17-31(55-6)18-12-28)35(33)57(51,52)44(23-26-7-13-29(53-4)14-8-26)24-27-9-15-30(54-5)16-10-27/h7-20H,21-25H2,1-6H3,(H,47,48). The minimum absolute atomic E-state index is 0.00630. The first-order chi connectivity index (χ1) is 27.0. The molecular formula is C39H43IN6O9S2. The van der Waals surface area contributed by atoms with E-state index < -0.39 is 46.0 Å². The van der Waals surface area contributed by atoms with Crippen LogP contribution in [0.2, 0.25) is 0 Å². The molecule has 5 aromatic rings. The molecule has 1 N–H and O–H groups in total. The largest absolute Gasteiger partial charge is 0.497 e. The van der Waals surface area contributed by atoms with Crippen molar-refractivity contribution >= 4 is 48.5 Å². The van der Waals surface area contributed by atoms with Crippen molar-refractivity contribution in [1.82, 2.24) is 29.4 Å². The summed E-state index contributed by atoms with van der Waals surface area (Å²) in [6.07, 6.45) is -1.48. The lowest BCUT2D eigenvalue weighted by Crippen LogP contribution is -2.71. The number of amides is 1. The number of carboxylic acid groups (broad SMARTS) is 1. The fourth-order valence-electron chi connectivity index (χ4n) is 7.15. The molecule has 1 saturated heterocycles. The summed E-state index contributed by atoms with van der Waals surface area (Å²) in [4.78, 5) is 10.4. The predicted octanol–water partition coefficient (Wildman–Crippen LogP) is 6.31. The van der Waals surface area contributed by atoms with Gasteiger partial charge in [0.05, 0.1) is 38.3 Å². The first-order valence-corrected chi connectivity index (χ1v) is 21.7. The number of halogens is 1. The molecule has 1 fully saturated rings. The van der Waals surface area contributed by atoms with Crippen molar-refractivity contribution in [1.29, 1.82) is 0 Å². The minimum atomic E-state index is -4.85. The predicted molar refractivity (Wildman–Crippen MR) is 219 cm³/mol. The molecular weight excluding hydrogens is 887 g/mol. The monoisotopic (exact) mass is 930 g/mol. The third kappa shape index (κ3) is 7.79. The van der Waals surface area contributed by atoms with Crippen LogP contribution >= 0.6 is 22.6 Å². The van der Waals surface area contributed by atoms with Gasteiger partial charge in [-0.3, -0.25) is 4.90 Å². The highest BCUT2D eigenvalue weighted by molar-refractivity contribution is 14.1. The Balaban J connectivity index is 1.63. The molecule has 0 aliphatic carbocycles. The lowest BCUT2D eigenvalue weighted by Gasteiger charge is -2.57. The molecule has 57 heavy (non-hydrogen) atoms. The maximum absolute atomic E-state index is 15.7. The number of benzene rings is 4. The highest BCUT2D eigenvalue weighted by atomic mass is 127. The highest BCUT2D eigenvalue weighted by Gasteiger charge is 2.65. The van der Waals surface area contributed by atoms with Gasteiger partial charge in [0.15, 0.2) is 10.7 Å². The normalized spacial score (nSPS) is 16.0. The summed E-state index contributed by atoms with van der Waals surface area (Å²) in [6.45, 7) is 4.60. The number of hydrogen-bond donors (Lipinski definition) is 1. The van der Waals surface area contributed by atoms with Crippen molar-refractivity contribution in [2.45, 2.75) is 61.5 Å². The zero-order valence-corrected chi connectivity index (χ0v) is 36.0. The van der Waals surface area contributed by atoms with Gasteiger partial charge in [0.1, 0.15) is 22.1 Å². The maximum Gasteiger partial charge on any atom is 0.408 e. The number of sulfone groups is 1. The fraction of sp³-hybridized carbons (Fsp3) is 0.333. The van der Waals surface area contributed by atoms with Gasteiger partial charge in [-0.25, -0.2) is 26.3 Å². The SMILES string of the molecule is COc1ccc(CN(Cc2ccc(OC)cc2)S(=O)(=O)c2c(S(=O)(=O)C3(C(C)(C)C)CCN3C(=O)O)ccc(I)c2-c2nnnn2Cc2ccc(OC)cc2)cc1. The van der Waals surface area contributed by atoms with Crippen molar-refractivity contribution < 1.29 is 40.9 Å². The van der Waals surface area contributed by atoms with Crippen molar-refractivity contribution in [3.8, 4) is 28.6 Å². The fourth-order valence-corrected chi connectivity index (χ4v) is 12.9. The van der Waals surface area contributed by atoms with Crippen molar-refractivity contribution in [3.05, 3.63) is 105 Å². The molecule has 1 aromatic heterocycles. The van der Waals surface area contributed by atoms with E-state index >= 15 is 16.8 Å². The average molecular weight is 931 g/mol. The number of carbonyl (C=O) groups is 1. The van der Waals surface area contributed by atoms with Crippen LogP contribution < -0.4 is 14.2 Å². The summed E-state index contributed by atoms with van der Waals surface area (Å²) in [5, 5.41) is 22.7. The first-order valence-electron chi connectivity index (χ1n) is 17.7. The number of methoxy groups -OCH3 is 3. The number of nitrogens with zero attached hydrogens (tertiary/aromatic N) is 6. The Morgan fingerprint density at radius 1 is 0.807 bits per heavy atom. The van der Waals surface area contributed by atoms with Crippen LogP contribution in [0.15, 0.2) is 94.7 Å². The van der Waals surface area contributed by atoms with E-state index in [0.717, 1.165) is 10.5 Å². The minimum Gasteiger partial charge on any atom is -0.497 e. The van der Waals surface area contributed by atoms with E-state index in [9.17, 15) is 9.90 Å². The molecule has 4 aromatic carbocycles. The van der Waals surface area contributed by atoms with Crippen molar-refractivity contribution in [3.63, 3.8) is 0 Å². The van der Waals surface area contributed by atoms with Crippen LogP contribution in [0.5, 0.6) is 17.2 Å². The summed E-state index contributed by atoms with van der Waals surface area (Å²) in [5.74, 6) is 1.75. The molecule has 18 heteroatoms. The summed E-state index contributed by atoms with van der Waals surface area (Å²) >= 11 is 1.95. The third-order valence-electron chi connectivity index (χ3n) is 10.2. The zero-order chi connectivity index (χ0) is 41.3. The van der Waals surface area contributed by atoms with Gasteiger partial charge in [-0.15, -0.1) is 5.10 Å². The Labute approximate surface area is 345 Å². The number of rotatable bonds is 14. The summed E-state index contributed by atoms with van der Waals surface area (Å²) in [7, 11) is -5.08. The highest BCUT2D eigenvalue weighted by Crippen LogP contribution is 2.53. The number of sulfonamides is 1. The van der Waals surface area contributed by atoms with Crippen LogP contribution in [0.3, 0.4) is 0 Å². The van der Waals surface area contributed by atoms with E-state index in [-0.39, 0.29) is 44.0 Å². The van der Waals surface area contributed by atoms with E-state index in [2.05, 4.69) is 15.5 Å². The van der Waals surface area contributed by atoms with Gasteiger partial charge in [-0.1, -0.05) is 57.2 Å². The number of likely N-dealkylation sites (tertiary alicyclic amines) is 1. The third-order valence-corrected chi connectivity index (χ3v) is 16.0. The second-order valence-electron chi connectivity index (χ2n) is 14.4.